The first-order chi connectivity index (χ1) is 5.45. The van der Waals surface area contributed by atoms with Gasteiger partial charge in [0, 0.05) is 19.3 Å². The standard InChI is InChI=1S/C8H12F3N/c1-3-7-4-6(5-12(7)2)8(9,10)11/h4,6H,3,5H2,1-2H3. The molecule has 1 atom stereocenters. The van der Waals surface area contributed by atoms with E-state index < -0.39 is 12.1 Å². The first kappa shape index (κ1) is 9.42. The maximum Gasteiger partial charge on any atom is 0.396 e. The summed E-state index contributed by atoms with van der Waals surface area (Å²) in [5.74, 6) is -1.27. The first-order valence-electron chi connectivity index (χ1n) is 3.93. The third-order valence-corrected chi connectivity index (χ3v) is 2.14. The number of nitrogens with zero attached hydrogens (tertiary/aromatic N) is 1. The predicted octanol–water partition coefficient (Wildman–Crippen LogP) is 2.40. The van der Waals surface area contributed by atoms with Crippen LogP contribution in [0, 0.1) is 5.92 Å². The van der Waals surface area contributed by atoms with E-state index >= 15 is 0 Å². The highest BCUT2D eigenvalue weighted by Crippen LogP contribution is 2.34. The lowest BCUT2D eigenvalue weighted by Crippen LogP contribution is -2.26. The molecule has 1 unspecified atom stereocenters. The van der Waals surface area contributed by atoms with E-state index in [0.29, 0.717) is 6.42 Å². The molecule has 0 aromatic carbocycles. The summed E-state index contributed by atoms with van der Waals surface area (Å²) in [4.78, 5) is 1.66. The molecular formula is C8H12F3N. The molecular weight excluding hydrogens is 167 g/mol. The molecule has 0 aromatic rings. The van der Waals surface area contributed by atoms with E-state index in [4.69, 9.17) is 0 Å². The minimum Gasteiger partial charge on any atom is -0.377 e. The Labute approximate surface area is 69.9 Å². The summed E-state index contributed by atoms with van der Waals surface area (Å²) in [5, 5.41) is 0. The number of hydrogen-bond donors (Lipinski definition) is 0. The molecule has 70 valence electrons. The van der Waals surface area contributed by atoms with Crippen LogP contribution in [-0.4, -0.2) is 24.7 Å². The van der Waals surface area contributed by atoms with Gasteiger partial charge in [-0.1, -0.05) is 13.0 Å². The van der Waals surface area contributed by atoms with Gasteiger partial charge in [0.2, 0.25) is 0 Å². The molecule has 0 spiro atoms. The summed E-state index contributed by atoms with van der Waals surface area (Å²) in [7, 11) is 1.70. The number of hydrogen-bond acceptors (Lipinski definition) is 1. The Bertz CT molecular complexity index is 195. The first-order valence-corrected chi connectivity index (χ1v) is 3.93. The van der Waals surface area contributed by atoms with Crippen LogP contribution in [0.1, 0.15) is 13.3 Å². The van der Waals surface area contributed by atoms with E-state index in [1.165, 1.54) is 6.08 Å². The molecule has 0 fully saturated rings. The monoisotopic (exact) mass is 179 g/mol. The number of alkyl halides is 3. The molecule has 1 aliphatic rings. The van der Waals surface area contributed by atoms with Gasteiger partial charge in [0.1, 0.15) is 0 Å². The van der Waals surface area contributed by atoms with E-state index in [-0.39, 0.29) is 6.54 Å². The van der Waals surface area contributed by atoms with Gasteiger partial charge in [-0.05, 0) is 6.42 Å². The van der Waals surface area contributed by atoms with Crippen LogP contribution in [0.2, 0.25) is 0 Å². The fourth-order valence-corrected chi connectivity index (χ4v) is 1.41. The Balaban J connectivity index is 2.70. The van der Waals surface area contributed by atoms with Gasteiger partial charge in [0.15, 0.2) is 0 Å². The summed E-state index contributed by atoms with van der Waals surface area (Å²) in [5.41, 5.74) is 0.789. The van der Waals surface area contributed by atoms with Crippen molar-refractivity contribution in [2.75, 3.05) is 13.6 Å². The maximum absolute atomic E-state index is 12.2. The molecule has 1 rings (SSSR count). The Kier molecular flexibility index (Phi) is 2.35. The van der Waals surface area contributed by atoms with Crippen molar-refractivity contribution in [3.05, 3.63) is 11.8 Å². The minimum absolute atomic E-state index is 0.0761. The van der Waals surface area contributed by atoms with Crippen molar-refractivity contribution in [3.63, 3.8) is 0 Å². The van der Waals surface area contributed by atoms with E-state index in [2.05, 4.69) is 0 Å². The van der Waals surface area contributed by atoms with E-state index in [1.807, 2.05) is 6.92 Å². The van der Waals surface area contributed by atoms with Crippen LogP contribution in [-0.2, 0) is 0 Å². The summed E-state index contributed by atoms with van der Waals surface area (Å²) in [6, 6.07) is 0. The van der Waals surface area contributed by atoms with Crippen LogP contribution in [0.25, 0.3) is 0 Å². The maximum atomic E-state index is 12.2. The molecule has 0 N–H and O–H groups in total. The third-order valence-electron chi connectivity index (χ3n) is 2.14. The van der Waals surface area contributed by atoms with Crippen LogP contribution in [0.15, 0.2) is 11.8 Å². The Morgan fingerprint density at radius 2 is 2.17 bits per heavy atom. The van der Waals surface area contributed by atoms with Gasteiger partial charge in [-0.2, -0.15) is 13.2 Å². The fraction of sp³-hybridized carbons (Fsp3) is 0.750. The number of rotatable bonds is 1. The van der Waals surface area contributed by atoms with Crippen molar-refractivity contribution in [2.45, 2.75) is 19.5 Å². The van der Waals surface area contributed by atoms with Crippen molar-refractivity contribution >= 4 is 0 Å². The number of halogens is 3. The topological polar surface area (TPSA) is 3.24 Å². The van der Waals surface area contributed by atoms with Gasteiger partial charge >= 0.3 is 6.18 Å². The number of allylic oxidation sites excluding steroid dienone is 1. The second-order valence-electron chi connectivity index (χ2n) is 3.04. The zero-order chi connectivity index (χ0) is 9.35. The lowest BCUT2D eigenvalue weighted by molar-refractivity contribution is -0.160. The van der Waals surface area contributed by atoms with E-state index in [1.54, 1.807) is 11.9 Å². The average molecular weight is 179 g/mol. The van der Waals surface area contributed by atoms with Crippen LogP contribution >= 0.6 is 0 Å². The molecule has 0 aliphatic carbocycles. The van der Waals surface area contributed by atoms with E-state index in [9.17, 15) is 13.2 Å². The highest BCUT2D eigenvalue weighted by molar-refractivity contribution is 5.11. The largest absolute Gasteiger partial charge is 0.396 e. The Morgan fingerprint density at radius 3 is 2.42 bits per heavy atom. The Hall–Kier alpha value is -0.670. The quantitative estimate of drug-likeness (QED) is 0.597. The molecule has 0 aromatic heterocycles. The van der Waals surface area contributed by atoms with Crippen LogP contribution in [0.4, 0.5) is 13.2 Å². The normalized spacial score (nSPS) is 24.6. The van der Waals surface area contributed by atoms with Crippen molar-refractivity contribution in [3.8, 4) is 0 Å². The van der Waals surface area contributed by atoms with E-state index in [0.717, 1.165) is 5.70 Å². The molecule has 1 heterocycles. The van der Waals surface area contributed by atoms with Crippen LogP contribution < -0.4 is 0 Å². The summed E-state index contributed by atoms with van der Waals surface area (Å²) in [6.07, 6.45) is -2.09. The van der Waals surface area contributed by atoms with Crippen molar-refractivity contribution in [2.24, 2.45) is 5.92 Å². The SMILES string of the molecule is CCC1=CC(C(F)(F)F)CN1C. The van der Waals surface area contributed by atoms with Crippen LogP contribution in [0.5, 0.6) is 0 Å². The van der Waals surface area contributed by atoms with Crippen molar-refractivity contribution in [1.82, 2.24) is 4.90 Å². The van der Waals surface area contributed by atoms with Gasteiger partial charge in [-0.25, -0.2) is 0 Å². The Morgan fingerprint density at radius 1 is 1.58 bits per heavy atom. The zero-order valence-corrected chi connectivity index (χ0v) is 7.15. The van der Waals surface area contributed by atoms with Gasteiger partial charge < -0.3 is 4.90 Å². The van der Waals surface area contributed by atoms with Crippen LogP contribution in [0.3, 0.4) is 0 Å². The van der Waals surface area contributed by atoms with Gasteiger partial charge in [-0.15, -0.1) is 0 Å². The minimum atomic E-state index is -4.08. The third kappa shape index (κ3) is 1.73. The molecule has 4 heteroatoms. The second-order valence-corrected chi connectivity index (χ2v) is 3.04. The summed E-state index contributed by atoms with van der Waals surface area (Å²) >= 11 is 0. The average Bonchev–Trinajstić information content (AvgIpc) is 2.29. The molecule has 0 saturated carbocycles. The van der Waals surface area contributed by atoms with Crippen molar-refractivity contribution < 1.29 is 13.2 Å². The lowest BCUT2D eigenvalue weighted by Gasteiger charge is -2.17. The molecule has 0 bridgehead atoms. The molecule has 1 aliphatic heterocycles. The van der Waals surface area contributed by atoms with Gasteiger partial charge in [-0.3, -0.25) is 0 Å². The second kappa shape index (κ2) is 2.99. The highest BCUT2D eigenvalue weighted by atomic mass is 19.4. The van der Waals surface area contributed by atoms with Crippen molar-refractivity contribution in [1.29, 1.82) is 0 Å². The molecule has 0 amide bonds. The fourth-order valence-electron chi connectivity index (χ4n) is 1.41. The summed E-state index contributed by atoms with van der Waals surface area (Å²) < 4.78 is 36.5. The highest BCUT2D eigenvalue weighted by Gasteiger charge is 2.41. The lowest BCUT2D eigenvalue weighted by atomic mass is 10.1. The summed E-state index contributed by atoms with van der Waals surface area (Å²) in [6.45, 7) is 1.94. The predicted molar refractivity (Wildman–Crippen MR) is 40.5 cm³/mol. The van der Waals surface area contributed by atoms with Gasteiger partial charge in [0.05, 0.1) is 5.92 Å². The molecule has 0 saturated heterocycles. The molecule has 1 nitrogen and oxygen atoms in total. The molecule has 12 heavy (non-hydrogen) atoms. The smallest absolute Gasteiger partial charge is 0.377 e. The van der Waals surface area contributed by atoms with Gasteiger partial charge in [0.25, 0.3) is 0 Å². The zero-order valence-electron chi connectivity index (χ0n) is 7.15. The molecule has 0 radical (unpaired) electrons.